The minimum atomic E-state index is -2.75. The number of methoxy groups -OCH3 is 1. The zero-order chi connectivity index (χ0) is 19.5. The molecule has 0 bridgehead atoms. The number of fused-ring (bicyclic) bond motifs is 1. The average molecular weight is 384 g/mol. The Morgan fingerprint density at radius 2 is 1.52 bits per heavy atom. The van der Waals surface area contributed by atoms with Crippen molar-refractivity contribution >= 4 is 18.9 Å². The molecule has 6 heteroatoms. The molecule has 2 amide bonds. The van der Waals surface area contributed by atoms with E-state index >= 15 is 0 Å². The number of urea groups is 1. The number of hydrogen-bond donors (Lipinski definition) is 0. The molecule has 27 heavy (non-hydrogen) atoms. The van der Waals surface area contributed by atoms with Crippen LogP contribution in [0.25, 0.3) is 0 Å². The third kappa shape index (κ3) is 2.03. The Balaban J connectivity index is 2.09. The fourth-order valence-corrected chi connectivity index (χ4v) is 9.71. The minimum absolute atomic E-state index is 0.0308. The molecule has 2 aliphatic rings. The summed E-state index contributed by atoms with van der Waals surface area (Å²) < 4.78 is 9.13. The molecule has 2 heterocycles. The summed E-state index contributed by atoms with van der Waals surface area (Å²) in [4.78, 5) is 26.2. The van der Waals surface area contributed by atoms with Gasteiger partial charge in [0.05, 0.1) is 0 Å². The number of carbonyl (C=O) groups excluding carboxylic acids is 2. The second-order valence-electron chi connectivity index (χ2n) is 8.13. The zero-order valence-electron chi connectivity index (χ0n) is 16.1. The number of carbonyl (C=O) groups is 2. The number of rotatable bonds is 3. The van der Waals surface area contributed by atoms with Gasteiger partial charge in [-0.15, -0.1) is 0 Å². The van der Waals surface area contributed by atoms with Crippen LogP contribution in [0.1, 0.15) is 11.1 Å². The van der Waals surface area contributed by atoms with Gasteiger partial charge in [-0.05, 0) is 0 Å². The van der Waals surface area contributed by atoms with E-state index in [1.165, 1.54) is 7.11 Å². The molecule has 4 rings (SSSR count). The van der Waals surface area contributed by atoms with E-state index in [2.05, 4.69) is 13.3 Å². The first-order valence-corrected chi connectivity index (χ1v) is 12.3. The van der Waals surface area contributed by atoms with Crippen molar-refractivity contribution in [3.05, 3.63) is 71.8 Å². The first-order chi connectivity index (χ1) is 12.8. The molecule has 2 fully saturated rings. The van der Waals surface area contributed by atoms with Crippen LogP contribution in [0, 0.1) is 5.92 Å². The SMILES string of the molecule is COC(=O)C1CP2(C)(C)N(C)C(=O)N2C1(c1ccccc1)c1ccccc1. The van der Waals surface area contributed by atoms with E-state index in [1.54, 1.807) is 0 Å². The van der Waals surface area contributed by atoms with Crippen molar-refractivity contribution in [3.8, 4) is 0 Å². The van der Waals surface area contributed by atoms with Crippen LogP contribution < -0.4 is 0 Å². The van der Waals surface area contributed by atoms with Gasteiger partial charge in [-0.2, -0.15) is 0 Å². The van der Waals surface area contributed by atoms with Crippen LogP contribution in [0.5, 0.6) is 0 Å². The van der Waals surface area contributed by atoms with Gasteiger partial charge in [-0.3, -0.25) is 0 Å². The molecule has 0 saturated carbocycles. The molecule has 142 valence electrons. The standard InChI is InChI=1S/C21H25N2O3P/c1-22-20(25)23-21(16-11-7-5-8-12-16,17-13-9-6-10-14-17)18(19(24)26-2)15-27(22,23,3)4/h5-14,18H,15H2,1-4H3. The fourth-order valence-electron chi connectivity index (χ4n) is 5.02. The number of benzene rings is 2. The second-order valence-corrected chi connectivity index (χ2v) is 14.0. The van der Waals surface area contributed by atoms with Crippen LogP contribution in [-0.2, 0) is 15.1 Å². The molecule has 0 N–H and O–H groups in total. The van der Waals surface area contributed by atoms with Gasteiger partial charge in [-0.25, -0.2) is 0 Å². The van der Waals surface area contributed by atoms with Crippen molar-refractivity contribution < 1.29 is 14.3 Å². The Hall–Kier alpha value is -2.39. The first-order valence-electron chi connectivity index (χ1n) is 9.06. The third-order valence-corrected chi connectivity index (χ3v) is 11.7. The number of hydrogen-bond acceptors (Lipinski definition) is 3. The molecular formula is C21H25N2O3P. The number of ether oxygens (including phenoxy) is 1. The molecule has 2 saturated heterocycles. The van der Waals surface area contributed by atoms with Gasteiger partial charge >= 0.3 is 159 Å². The van der Waals surface area contributed by atoms with Crippen LogP contribution in [0.2, 0.25) is 0 Å². The van der Waals surface area contributed by atoms with Crippen molar-refractivity contribution in [2.24, 2.45) is 5.92 Å². The molecule has 0 spiro atoms. The van der Waals surface area contributed by atoms with Gasteiger partial charge in [0, 0.05) is 0 Å². The Kier molecular flexibility index (Phi) is 3.70. The molecule has 2 aliphatic heterocycles. The summed E-state index contributed by atoms with van der Waals surface area (Å²) in [6.45, 7) is 1.58. The second kappa shape index (κ2) is 5.56. The number of nitrogens with zero attached hydrogens (tertiary/aromatic N) is 2. The summed E-state index contributed by atoms with van der Waals surface area (Å²) in [5, 5.41) is 0. The maximum absolute atomic E-state index is 13.2. The van der Waals surface area contributed by atoms with Gasteiger partial charge in [0.15, 0.2) is 0 Å². The molecular weight excluding hydrogens is 359 g/mol. The van der Waals surface area contributed by atoms with E-state index in [-0.39, 0.29) is 12.0 Å². The first kappa shape index (κ1) is 18.0. The Labute approximate surface area is 159 Å². The molecule has 2 aromatic carbocycles. The summed E-state index contributed by atoms with van der Waals surface area (Å²) in [6.07, 6.45) is 0.615. The van der Waals surface area contributed by atoms with Gasteiger partial charge in [-0.1, -0.05) is 0 Å². The van der Waals surface area contributed by atoms with Crippen molar-refractivity contribution in [1.82, 2.24) is 9.34 Å². The van der Waals surface area contributed by atoms with Gasteiger partial charge in [0.1, 0.15) is 0 Å². The van der Waals surface area contributed by atoms with Crippen molar-refractivity contribution in [3.63, 3.8) is 0 Å². The quantitative estimate of drug-likeness (QED) is 0.598. The molecule has 1 atom stereocenters. The maximum atomic E-state index is 13.2. The zero-order valence-corrected chi connectivity index (χ0v) is 17.0. The van der Waals surface area contributed by atoms with Crippen LogP contribution in [-0.4, -0.2) is 55.0 Å². The topological polar surface area (TPSA) is 49.9 Å². The molecule has 0 aromatic heterocycles. The van der Waals surface area contributed by atoms with Gasteiger partial charge in [0.25, 0.3) is 0 Å². The Bertz CT molecular complexity index is 874. The van der Waals surface area contributed by atoms with E-state index in [1.807, 2.05) is 77.1 Å². The normalized spacial score (nSPS) is 25.7. The van der Waals surface area contributed by atoms with Crippen LogP contribution >= 0.6 is 6.90 Å². The number of esters is 1. The van der Waals surface area contributed by atoms with E-state index in [4.69, 9.17) is 4.74 Å². The molecule has 5 nitrogen and oxygen atoms in total. The summed E-state index contributed by atoms with van der Waals surface area (Å²) in [5.41, 5.74) is 1.03. The van der Waals surface area contributed by atoms with Crippen LogP contribution in [0.15, 0.2) is 60.7 Å². The summed E-state index contributed by atoms with van der Waals surface area (Å²) in [5.74, 6) is -0.736. The van der Waals surface area contributed by atoms with Crippen molar-refractivity contribution in [1.29, 1.82) is 0 Å². The number of amides is 2. The van der Waals surface area contributed by atoms with Gasteiger partial charge in [0.2, 0.25) is 0 Å². The predicted molar refractivity (Wildman–Crippen MR) is 108 cm³/mol. The molecule has 0 aliphatic carbocycles. The molecule has 2 aromatic rings. The monoisotopic (exact) mass is 384 g/mol. The summed E-state index contributed by atoms with van der Waals surface area (Å²) in [6, 6.07) is 19.7. The van der Waals surface area contributed by atoms with Crippen molar-refractivity contribution in [2.45, 2.75) is 5.54 Å². The van der Waals surface area contributed by atoms with Crippen LogP contribution in [0.3, 0.4) is 0 Å². The van der Waals surface area contributed by atoms with Gasteiger partial charge < -0.3 is 0 Å². The van der Waals surface area contributed by atoms with E-state index in [0.29, 0.717) is 6.16 Å². The summed E-state index contributed by atoms with van der Waals surface area (Å²) >= 11 is 0. The fraction of sp³-hybridized carbons (Fsp3) is 0.333. The van der Waals surface area contributed by atoms with Crippen molar-refractivity contribution in [2.75, 3.05) is 33.6 Å². The van der Waals surface area contributed by atoms with Crippen LogP contribution in [0.4, 0.5) is 4.79 Å². The average Bonchev–Trinajstić information content (AvgIpc) is 2.92. The van der Waals surface area contributed by atoms with E-state index in [9.17, 15) is 9.59 Å². The van der Waals surface area contributed by atoms with E-state index in [0.717, 1.165) is 11.1 Å². The Morgan fingerprint density at radius 1 is 1.04 bits per heavy atom. The third-order valence-electron chi connectivity index (χ3n) is 6.50. The Morgan fingerprint density at radius 3 is 1.96 bits per heavy atom. The molecule has 1 unspecified atom stereocenters. The summed E-state index contributed by atoms with van der Waals surface area (Å²) in [7, 11) is 3.28. The van der Waals surface area contributed by atoms with E-state index < -0.39 is 18.4 Å². The molecule has 0 radical (unpaired) electrons. The predicted octanol–water partition coefficient (Wildman–Crippen LogP) is 3.74.